The van der Waals surface area contributed by atoms with Gasteiger partial charge in [0.15, 0.2) is 5.82 Å². The van der Waals surface area contributed by atoms with Crippen LogP contribution in [0.15, 0.2) is 42.5 Å². The van der Waals surface area contributed by atoms with E-state index in [1.54, 1.807) is 9.80 Å². The van der Waals surface area contributed by atoms with Crippen molar-refractivity contribution in [3.05, 3.63) is 65.0 Å². The van der Waals surface area contributed by atoms with Crippen molar-refractivity contribution in [1.29, 1.82) is 0 Å². The number of halogens is 3. The molecule has 0 aliphatic carbocycles. The van der Waals surface area contributed by atoms with E-state index in [1.807, 2.05) is 38.5 Å². The number of piperazine rings is 1. The Morgan fingerprint density at radius 2 is 1.55 bits per heavy atom. The first kappa shape index (κ1) is 29.9. The van der Waals surface area contributed by atoms with Gasteiger partial charge < -0.3 is 19.1 Å². The van der Waals surface area contributed by atoms with Crippen LogP contribution in [0.25, 0.3) is 11.0 Å². The Labute approximate surface area is 244 Å². The molecule has 0 atom stereocenters. The number of rotatable bonds is 4. The zero-order chi connectivity index (χ0) is 30.2. The van der Waals surface area contributed by atoms with E-state index >= 15 is 0 Å². The Hall–Kier alpha value is -3.60. The number of hydrogen-bond donors (Lipinski definition) is 0. The summed E-state index contributed by atoms with van der Waals surface area (Å²) in [5.74, 6) is 0.556. The number of carbonyl (C=O) groups excluding carboxylic acids is 2. The van der Waals surface area contributed by atoms with Crippen LogP contribution in [0.2, 0.25) is 0 Å². The van der Waals surface area contributed by atoms with E-state index < -0.39 is 17.3 Å². The van der Waals surface area contributed by atoms with Crippen molar-refractivity contribution < 1.29 is 27.5 Å². The standard InChI is InChI=1S/C31H38F3N5O3/c1-30(2,3)42-29(41)39-13-11-22(12-14-39)23-7-10-26-25(19-23)35-27(36(26)4)28(40)38-17-15-37(16-18-38)20-21-5-8-24(9-6-21)31(32,33)34/h5-10,19,22H,11-18,20H2,1-4H3. The minimum absolute atomic E-state index is 0.130. The van der Waals surface area contributed by atoms with Gasteiger partial charge in [-0.25, -0.2) is 9.78 Å². The number of carbonyl (C=O) groups is 2. The predicted molar refractivity (Wildman–Crippen MR) is 153 cm³/mol. The number of alkyl halides is 3. The first-order valence-electron chi connectivity index (χ1n) is 14.4. The minimum atomic E-state index is -4.34. The normalized spacial score (nSPS) is 17.6. The van der Waals surface area contributed by atoms with Gasteiger partial charge in [0.2, 0.25) is 0 Å². The average molecular weight is 586 g/mol. The van der Waals surface area contributed by atoms with Gasteiger partial charge in [-0.2, -0.15) is 13.2 Å². The lowest BCUT2D eigenvalue weighted by Gasteiger charge is -2.34. The third-order valence-corrected chi connectivity index (χ3v) is 8.06. The molecule has 0 spiro atoms. The van der Waals surface area contributed by atoms with Gasteiger partial charge >= 0.3 is 12.3 Å². The van der Waals surface area contributed by atoms with Crippen LogP contribution in [0.5, 0.6) is 0 Å². The largest absolute Gasteiger partial charge is 0.444 e. The Bertz CT molecular complexity index is 1430. The third kappa shape index (κ3) is 6.72. The summed E-state index contributed by atoms with van der Waals surface area (Å²) < 4.78 is 45.9. The van der Waals surface area contributed by atoms with Gasteiger partial charge in [-0.3, -0.25) is 9.69 Å². The Morgan fingerprint density at radius 1 is 0.905 bits per heavy atom. The lowest BCUT2D eigenvalue weighted by Crippen LogP contribution is -2.48. The summed E-state index contributed by atoms with van der Waals surface area (Å²) in [4.78, 5) is 36.3. The number of aryl methyl sites for hydroxylation is 1. The molecular weight excluding hydrogens is 547 g/mol. The van der Waals surface area contributed by atoms with Crippen molar-refractivity contribution in [2.45, 2.75) is 57.9 Å². The van der Waals surface area contributed by atoms with Gasteiger partial charge in [-0.15, -0.1) is 0 Å². The Balaban J connectivity index is 1.18. The molecule has 2 aliphatic heterocycles. The molecular formula is C31H38F3N5O3. The molecule has 8 nitrogen and oxygen atoms in total. The molecule has 226 valence electrons. The lowest BCUT2D eigenvalue weighted by atomic mass is 9.89. The molecule has 2 amide bonds. The average Bonchev–Trinajstić information content (AvgIpc) is 3.27. The number of hydrogen-bond acceptors (Lipinski definition) is 5. The van der Waals surface area contributed by atoms with Crippen LogP contribution in [-0.4, -0.2) is 81.1 Å². The highest BCUT2D eigenvalue weighted by atomic mass is 19.4. The number of ether oxygens (including phenoxy) is 1. The second-order valence-corrected chi connectivity index (χ2v) is 12.2. The van der Waals surface area contributed by atoms with Gasteiger partial charge in [-0.05, 0) is 74.9 Å². The Morgan fingerprint density at radius 3 is 2.14 bits per heavy atom. The van der Waals surface area contributed by atoms with Crippen LogP contribution in [0, 0.1) is 0 Å². The maximum absolute atomic E-state index is 13.4. The minimum Gasteiger partial charge on any atom is -0.444 e. The summed E-state index contributed by atoms with van der Waals surface area (Å²) in [7, 11) is 1.85. The second-order valence-electron chi connectivity index (χ2n) is 12.2. The maximum Gasteiger partial charge on any atom is 0.416 e. The van der Waals surface area contributed by atoms with E-state index in [9.17, 15) is 22.8 Å². The molecule has 3 heterocycles. The molecule has 2 aromatic carbocycles. The molecule has 0 radical (unpaired) electrons. The number of amides is 2. The topological polar surface area (TPSA) is 70.9 Å². The third-order valence-electron chi connectivity index (χ3n) is 8.06. The molecule has 42 heavy (non-hydrogen) atoms. The zero-order valence-electron chi connectivity index (χ0n) is 24.6. The second kappa shape index (κ2) is 11.6. The molecule has 1 aromatic heterocycles. The monoisotopic (exact) mass is 585 g/mol. The molecule has 5 rings (SSSR count). The summed E-state index contributed by atoms with van der Waals surface area (Å²) in [6.45, 7) is 9.69. The van der Waals surface area contributed by atoms with E-state index in [1.165, 1.54) is 12.1 Å². The summed E-state index contributed by atoms with van der Waals surface area (Å²) >= 11 is 0. The van der Waals surface area contributed by atoms with E-state index in [4.69, 9.17) is 9.72 Å². The number of likely N-dealkylation sites (tertiary alicyclic amines) is 1. The first-order valence-corrected chi connectivity index (χ1v) is 14.4. The van der Waals surface area contributed by atoms with Crippen LogP contribution in [-0.2, 0) is 24.5 Å². The highest BCUT2D eigenvalue weighted by molar-refractivity contribution is 5.95. The van der Waals surface area contributed by atoms with Gasteiger partial charge in [0.05, 0.1) is 16.6 Å². The fourth-order valence-electron chi connectivity index (χ4n) is 5.69. The summed E-state index contributed by atoms with van der Waals surface area (Å²) in [5, 5.41) is 0. The van der Waals surface area contributed by atoms with Crippen LogP contribution in [0.4, 0.5) is 18.0 Å². The van der Waals surface area contributed by atoms with Crippen molar-refractivity contribution in [3.8, 4) is 0 Å². The number of aromatic nitrogens is 2. The van der Waals surface area contributed by atoms with E-state index in [0.29, 0.717) is 57.6 Å². The van der Waals surface area contributed by atoms with Crippen molar-refractivity contribution in [2.24, 2.45) is 7.05 Å². The SMILES string of the molecule is Cn1c(C(=O)N2CCN(Cc3ccc(C(F)(F)F)cc3)CC2)nc2cc(C3CCN(C(=O)OC(C)(C)C)CC3)ccc21. The number of fused-ring (bicyclic) bond motifs is 1. The summed E-state index contributed by atoms with van der Waals surface area (Å²) in [5.41, 5.74) is 2.45. The molecule has 0 saturated carbocycles. The van der Waals surface area contributed by atoms with E-state index in [-0.39, 0.29) is 12.0 Å². The molecule has 0 unspecified atom stereocenters. The molecule has 2 aliphatic rings. The van der Waals surface area contributed by atoms with Crippen molar-refractivity contribution in [2.75, 3.05) is 39.3 Å². The van der Waals surface area contributed by atoms with Gasteiger partial charge in [-0.1, -0.05) is 18.2 Å². The first-order chi connectivity index (χ1) is 19.8. The fourth-order valence-corrected chi connectivity index (χ4v) is 5.69. The predicted octanol–water partition coefficient (Wildman–Crippen LogP) is 5.66. The van der Waals surface area contributed by atoms with Gasteiger partial charge in [0.1, 0.15) is 5.60 Å². The number of benzene rings is 2. The Kier molecular flexibility index (Phi) is 8.24. The molecule has 0 bridgehead atoms. The highest BCUT2D eigenvalue weighted by Crippen LogP contribution is 2.32. The summed E-state index contributed by atoms with van der Waals surface area (Å²) in [6, 6.07) is 11.4. The molecule has 0 N–H and O–H groups in total. The lowest BCUT2D eigenvalue weighted by molar-refractivity contribution is -0.137. The smallest absolute Gasteiger partial charge is 0.416 e. The van der Waals surface area contributed by atoms with E-state index in [2.05, 4.69) is 17.0 Å². The van der Waals surface area contributed by atoms with E-state index in [0.717, 1.165) is 47.1 Å². The quantitative estimate of drug-likeness (QED) is 0.395. The van der Waals surface area contributed by atoms with Gasteiger partial charge in [0.25, 0.3) is 5.91 Å². The molecule has 3 aromatic rings. The van der Waals surface area contributed by atoms with Crippen molar-refractivity contribution in [1.82, 2.24) is 24.3 Å². The van der Waals surface area contributed by atoms with Crippen molar-refractivity contribution >= 4 is 23.0 Å². The molecule has 2 saturated heterocycles. The molecule has 11 heteroatoms. The van der Waals surface area contributed by atoms with Crippen LogP contribution < -0.4 is 0 Å². The highest BCUT2D eigenvalue weighted by Gasteiger charge is 2.31. The van der Waals surface area contributed by atoms with Crippen LogP contribution in [0.1, 0.15) is 66.8 Å². The van der Waals surface area contributed by atoms with Gasteiger partial charge in [0, 0.05) is 52.9 Å². The molecule has 2 fully saturated rings. The van der Waals surface area contributed by atoms with Crippen molar-refractivity contribution in [3.63, 3.8) is 0 Å². The maximum atomic E-state index is 13.4. The number of piperidine rings is 1. The van der Waals surface area contributed by atoms with Crippen LogP contribution >= 0.6 is 0 Å². The fraction of sp³-hybridized carbons (Fsp3) is 0.516. The number of imidazole rings is 1. The summed E-state index contributed by atoms with van der Waals surface area (Å²) in [6.07, 6.45) is -2.95. The van der Waals surface area contributed by atoms with Crippen LogP contribution in [0.3, 0.4) is 0 Å². The zero-order valence-corrected chi connectivity index (χ0v) is 24.6. The number of nitrogens with zero attached hydrogens (tertiary/aromatic N) is 5.